The SMILES string of the molecule is CC1=C(C(N)=O)SC(n2ccn(Cc3ccc(F)cc3)c2=O)N1Cc1ccccc1. The number of hydrogen-bond donors (Lipinski definition) is 1. The van der Waals surface area contributed by atoms with Gasteiger partial charge >= 0.3 is 5.69 Å². The van der Waals surface area contributed by atoms with E-state index in [1.165, 1.54) is 23.9 Å². The lowest BCUT2D eigenvalue weighted by atomic mass is 10.2. The van der Waals surface area contributed by atoms with E-state index < -0.39 is 11.4 Å². The molecule has 6 nitrogen and oxygen atoms in total. The Morgan fingerprint density at radius 3 is 2.37 bits per heavy atom. The number of primary amides is 1. The predicted molar refractivity (Wildman–Crippen MR) is 115 cm³/mol. The number of nitrogens with zero attached hydrogens (tertiary/aromatic N) is 3. The van der Waals surface area contributed by atoms with Crippen LogP contribution in [0.4, 0.5) is 4.39 Å². The van der Waals surface area contributed by atoms with Crippen molar-refractivity contribution in [3.8, 4) is 0 Å². The molecule has 2 N–H and O–H groups in total. The van der Waals surface area contributed by atoms with Crippen molar-refractivity contribution in [2.24, 2.45) is 5.73 Å². The summed E-state index contributed by atoms with van der Waals surface area (Å²) in [5.74, 6) is -0.819. The molecule has 0 aliphatic carbocycles. The van der Waals surface area contributed by atoms with Gasteiger partial charge in [-0.25, -0.2) is 9.18 Å². The smallest absolute Gasteiger partial charge is 0.330 e. The van der Waals surface area contributed by atoms with Gasteiger partial charge in [-0.15, -0.1) is 0 Å². The van der Waals surface area contributed by atoms with Crippen molar-refractivity contribution in [3.05, 3.63) is 105 Å². The Morgan fingerprint density at radius 1 is 1.03 bits per heavy atom. The molecule has 3 aromatic rings. The largest absolute Gasteiger partial charge is 0.365 e. The van der Waals surface area contributed by atoms with Crippen molar-refractivity contribution < 1.29 is 9.18 Å². The van der Waals surface area contributed by atoms with Crippen molar-refractivity contribution in [2.75, 3.05) is 0 Å². The summed E-state index contributed by atoms with van der Waals surface area (Å²) in [5, 5.41) is 0. The Kier molecular flexibility index (Phi) is 5.50. The first-order valence-corrected chi connectivity index (χ1v) is 10.3. The topological polar surface area (TPSA) is 73.3 Å². The second-order valence-electron chi connectivity index (χ2n) is 7.08. The molecule has 1 aliphatic rings. The highest BCUT2D eigenvalue weighted by Crippen LogP contribution is 2.44. The van der Waals surface area contributed by atoms with Crippen molar-refractivity contribution in [1.29, 1.82) is 0 Å². The minimum Gasteiger partial charge on any atom is -0.365 e. The molecule has 1 aromatic heterocycles. The van der Waals surface area contributed by atoms with Crippen LogP contribution >= 0.6 is 11.8 Å². The number of carbonyl (C=O) groups excluding carboxylic acids is 1. The van der Waals surface area contributed by atoms with Crippen molar-refractivity contribution in [3.63, 3.8) is 0 Å². The van der Waals surface area contributed by atoms with Gasteiger partial charge in [0.25, 0.3) is 5.91 Å². The van der Waals surface area contributed by atoms with Crippen LogP contribution in [0.2, 0.25) is 0 Å². The Labute approximate surface area is 177 Å². The van der Waals surface area contributed by atoms with E-state index in [1.807, 2.05) is 42.2 Å². The fourth-order valence-corrected chi connectivity index (χ4v) is 4.72. The third-order valence-corrected chi connectivity index (χ3v) is 6.47. The van der Waals surface area contributed by atoms with E-state index in [2.05, 4.69) is 0 Å². The van der Waals surface area contributed by atoms with Crippen molar-refractivity contribution in [2.45, 2.75) is 25.5 Å². The van der Waals surface area contributed by atoms with Gasteiger partial charge in [-0.2, -0.15) is 0 Å². The number of thioether (sulfide) groups is 1. The van der Waals surface area contributed by atoms with Gasteiger partial charge in [0.15, 0.2) is 5.50 Å². The van der Waals surface area contributed by atoms with Gasteiger partial charge in [0.05, 0.1) is 11.4 Å². The Morgan fingerprint density at radius 2 is 1.70 bits per heavy atom. The summed E-state index contributed by atoms with van der Waals surface area (Å²) in [6, 6.07) is 15.9. The lowest BCUT2D eigenvalue weighted by molar-refractivity contribution is -0.114. The maximum atomic E-state index is 13.2. The number of imidazole rings is 1. The first-order valence-electron chi connectivity index (χ1n) is 9.43. The van der Waals surface area contributed by atoms with Crippen molar-refractivity contribution in [1.82, 2.24) is 14.0 Å². The minimum atomic E-state index is -0.503. The summed E-state index contributed by atoms with van der Waals surface area (Å²) < 4.78 is 16.3. The molecule has 0 fully saturated rings. The van der Waals surface area contributed by atoms with E-state index in [1.54, 1.807) is 33.7 Å². The third-order valence-electron chi connectivity index (χ3n) is 5.05. The van der Waals surface area contributed by atoms with Gasteiger partial charge in [0.2, 0.25) is 0 Å². The molecule has 8 heteroatoms. The predicted octanol–water partition coefficient (Wildman–Crippen LogP) is 3.26. The minimum absolute atomic E-state index is 0.214. The average molecular weight is 425 g/mol. The van der Waals surface area contributed by atoms with Gasteiger partial charge in [0, 0.05) is 24.6 Å². The van der Waals surface area contributed by atoms with E-state index in [-0.39, 0.29) is 11.5 Å². The first-order chi connectivity index (χ1) is 14.4. The highest BCUT2D eigenvalue weighted by molar-refractivity contribution is 8.04. The highest BCUT2D eigenvalue weighted by atomic mass is 32.2. The molecule has 1 amide bonds. The number of nitrogens with two attached hydrogens (primary N) is 1. The Hall–Kier alpha value is -3.26. The van der Waals surface area contributed by atoms with E-state index >= 15 is 0 Å². The maximum absolute atomic E-state index is 13.2. The molecule has 1 unspecified atom stereocenters. The molecule has 4 rings (SSSR count). The van der Waals surface area contributed by atoms with E-state index in [4.69, 9.17) is 5.73 Å². The first kappa shape index (κ1) is 20.0. The number of aromatic nitrogens is 2. The van der Waals surface area contributed by atoms with E-state index in [0.717, 1.165) is 16.8 Å². The normalized spacial score (nSPS) is 16.3. The molecular weight excluding hydrogens is 403 g/mol. The van der Waals surface area contributed by atoms with Crippen LogP contribution in [0.3, 0.4) is 0 Å². The van der Waals surface area contributed by atoms with Gasteiger partial charge in [-0.05, 0) is 30.2 Å². The second-order valence-corrected chi connectivity index (χ2v) is 8.14. The van der Waals surface area contributed by atoms with Crippen molar-refractivity contribution >= 4 is 17.7 Å². The summed E-state index contributed by atoms with van der Waals surface area (Å²) in [7, 11) is 0. The lowest BCUT2D eigenvalue weighted by Gasteiger charge is -2.28. The van der Waals surface area contributed by atoms with Crippen LogP contribution in [0.15, 0.2) is 82.4 Å². The number of rotatable bonds is 6. The molecule has 30 heavy (non-hydrogen) atoms. The highest BCUT2D eigenvalue weighted by Gasteiger charge is 2.35. The molecule has 0 saturated heterocycles. The van der Waals surface area contributed by atoms with Crippen LogP contribution < -0.4 is 11.4 Å². The van der Waals surface area contributed by atoms with Gasteiger partial charge in [-0.1, -0.05) is 54.2 Å². The quantitative estimate of drug-likeness (QED) is 0.659. The number of benzene rings is 2. The van der Waals surface area contributed by atoms with Crippen LogP contribution in [0.25, 0.3) is 0 Å². The number of allylic oxidation sites excluding steroid dienone is 1. The molecule has 154 valence electrons. The summed E-state index contributed by atoms with van der Waals surface area (Å²) in [5.41, 5.74) is 7.57. The molecule has 0 saturated carbocycles. The zero-order valence-electron chi connectivity index (χ0n) is 16.4. The lowest BCUT2D eigenvalue weighted by Crippen LogP contribution is -2.33. The molecule has 0 radical (unpaired) electrons. The molecule has 1 atom stereocenters. The summed E-state index contributed by atoms with van der Waals surface area (Å²) >= 11 is 1.27. The summed E-state index contributed by atoms with van der Waals surface area (Å²) in [6.45, 7) is 2.71. The molecule has 1 aliphatic heterocycles. The molecule has 2 heterocycles. The van der Waals surface area contributed by atoms with Crippen LogP contribution in [0.5, 0.6) is 0 Å². The van der Waals surface area contributed by atoms with Crippen LogP contribution in [0, 0.1) is 5.82 Å². The standard InChI is InChI=1S/C22H21FN4O2S/c1-15-19(20(24)28)30-22(27(15)14-16-5-3-2-4-6-16)26-12-11-25(21(26)29)13-17-7-9-18(23)10-8-17/h2-12,22H,13-14H2,1H3,(H2,24,28). The van der Waals surface area contributed by atoms with Crippen LogP contribution in [-0.2, 0) is 17.9 Å². The van der Waals surface area contributed by atoms with Gasteiger partial charge < -0.3 is 10.6 Å². The van der Waals surface area contributed by atoms with Crippen LogP contribution in [0.1, 0.15) is 23.5 Å². The Bertz CT molecular complexity index is 1150. The zero-order valence-corrected chi connectivity index (χ0v) is 17.2. The van der Waals surface area contributed by atoms with E-state index in [0.29, 0.717) is 18.0 Å². The van der Waals surface area contributed by atoms with Gasteiger partial charge in [-0.3, -0.25) is 13.9 Å². The monoisotopic (exact) mass is 424 g/mol. The number of carbonyl (C=O) groups is 1. The fourth-order valence-electron chi connectivity index (χ4n) is 3.47. The summed E-state index contributed by atoms with van der Waals surface area (Å²) in [4.78, 5) is 27.5. The van der Waals surface area contributed by atoms with E-state index in [9.17, 15) is 14.0 Å². The maximum Gasteiger partial charge on any atom is 0.330 e. The zero-order chi connectivity index (χ0) is 21.3. The Balaban J connectivity index is 1.64. The number of halogens is 1. The third kappa shape index (κ3) is 3.91. The molecular formula is C22H21FN4O2S. The molecule has 2 aromatic carbocycles. The second kappa shape index (κ2) is 8.23. The number of hydrogen-bond acceptors (Lipinski definition) is 4. The molecule has 0 spiro atoms. The average Bonchev–Trinajstić information content (AvgIpc) is 3.25. The number of amides is 1. The fraction of sp³-hybridized carbons (Fsp3) is 0.182. The van der Waals surface area contributed by atoms with Crippen LogP contribution in [-0.4, -0.2) is 19.9 Å². The van der Waals surface area contributed by atoms with Gasteiger partial charge in [0.1, 0.15) is 5.82 Å². The molecule has 0 bridgehead atoms. The summed E-state index contributed by atoms with van der Waals surface area (Å²) in [6.07, 6.45) is 3.41.